The van der Waals surface area contributed by atoms with Gasteiger partial charge in [0.1, 0.15) is 5.69 Å². The first kappa shape index (κ1) is 21.2. The Hall–Kier alpha value is -3.01. The summed E-state index contributed by atoms with van der Waals surface area (Å²) in [6.45, 7) is 2.56. The van der Waals surface area contributed by atoms with Crippen molar-refractivity contribution in [3.63, 3.8) is 0 Å². The molecule has 0 aliphatic carbocycles. The van der Waals surface area contributed by atoms with Crippen LogP contribution < -0.4 is 10.6 Å². The maximum atomic E-state index is 12.9. The highest BCUT2D eigenvalue weighted by atomic mass is 32.1. The van der Waals surface area contributed by atoms with Gasteiger partial charge in [-0.05, 0) is 49.1 Å². The van der Waals surface area contributed by atoms with Crippen LogP contribution >= 0.6 is 11.3 Å². The molecule has 3 heterocycles. The van der Waals surface area contributed by atoms with Gasteiger partial charge in [0.15, 0.2) is 0 Å². The molecule has 1 amide bonds. The van der Waals surface area contributed by atoms with E-state index < -0.39 is 11.9 Å². The molecule has 1 aromatic carbocycles. The maximum Gasteiger partial charge on any atom is 0.433 e. The molecule has 162 valence electrons. The summed E-state index contributed by atoms with van der Waals surface area (Å²) in [5.41, 5.74) is 1.43. The number of amides is 1. The number of rotatable bonds is 4. The molecule has 4 rings (SSSR count). The van der Waals surface area contributed by atoms with Crippen LogP contribution in [0.3, 0.4) is 0 Å². The predicted molar refractivity (Wildman–Crippen MR) is 112 cm³/mol. The van der Waals surface area contributed by atoms with E-state index in [1.165, 1.54) is 0 Å². The Balaban J connectivity index is 1.56. The van der Waals surface area contributed by atoms with Crippen LogP contribution in [0, 0.1) is 6.92 Å². The van der Waals surface area contributed by atoms with Crippen LogP contribution in [0.15, 0.2) is 36.7 Å². The number of hydrogen-bond acceptors (Lipinski definition) is 6. The number of thiazole rings is 1. The number of benzene rings is 1. The first-order chi connectivity index (χ1) is 14.8. The lowest BCUT2D eigenvalue weighted by Gasteiger charge is -2.11. The molecule has 2 aromatic heterocycles. The van der Waals surface area contributed by atoms with Gasteiger partial charge in [-0.25, -0.2) is 15.0 Å². The van der Waals surface area contributed by atoms with Gasteiger partial charge in [0.05, 0.1) is 9.88 Å². The van der Waals surface area contributed by atoms with Gasteiger partial charge in [0.25, 0.3) is 0 Å². The zero-order valence-corrected chi connectivity index (χ0v) is 17.5. The number of carbonyl (C=O) groups excluding carboxylic acids is 1. The SMILES string of the molecule is Cc1cc(Nc2nccc(C(F)(F)F)n2)cc(-c2cnc(C3CCNC(=O)CC3)s2)c1. The van der Waals surface area contributed by atoms with Gasteiger partial charge in [-0.15, -0.1) is 11.3 Å². The first-order valence-corrected chi connectivity index (χ1v) is 10.6. The molecule has 1 aliphatic heterocycles. The molecule has 6 nitrogen and oxygen atoms in total. The lowest BCUT2D eigenvalue weighted by Crippen LogP contribution is -2.21. The highest BCUT2D eigenvalue weighted by Crippen LogP contribution is 2.36. The van der Waals surface area contributed by atoms with E-state index in [2.05, 4.69) is 25.6 Å². The summed E-state index contributed by atoms with van der Waals surface area (Å²) in [4.78, 5) is 24.6. The zero-order chi connectivity index (χ0) is 22.0. The molecule has 1 unspecified atom stereocenters. The average Bonchev–Trinajstić information content (AvgIpc) is 3.10. The minimum atomic E-state index is -4.53. The third-order valence-corrected chi connectivity index (χ3v) is 6.18. The number of halogens is 3. The molecule has 1 saturated heterocycles. The summed E-state index contributed by atoms with van der Waals surface area (Å²) in [6, 6.07) is 6.49. The quantitative estimate of drug-likeness (QED) is 0.585. The monoisotopic (exact) mass is 447 g/mol. The molecule has 0 saturated carbocycles. The topological polar surface area (TPSA) is 79.8 Å². The molecule has 31 heavy (non-hydrogen) atoms. The van der Waals surface area contributed by atoms with Gasteiger partial charge in [0, 0.05) is 37.0 Å². The van der Waals surface area contributed by atoms with Crippen LogP contribution in [0.4, 0.5) is 24.8 Å². The zero-order valence-electron chi connectivity index (χ0n) is 16.7. The highest BCUT2D eigenvalue weighted by Gasteiger charge is 2.32. The van der Waals surface area contributed by atoms with Gasteiger partial charge in [-0.1, -0.05) is 6.07 Å². The molecule has 10 heteroatoms. The van der Waals surface area contributed by atoms with E-state index in [9.17, 15) is 18.0 Å². The van der Waals surface area contributed by atoms with Crippen molar-refractivity contribution in [3.8, 4) is 10.4 Å². The van der Waals surface area contributed by atoms with E-state index in [0.29, 0.717) is 18.7 Å². The Bertz CT molecular complexity index is 1100. The van der Waals surface area contributed by atoms with E-state index in [0.717, 1.165) is 46.1 Å². The lowest BCUT2D eigenvalue weighted by molar-refractivity contribution is -0.141. The van der Waals surface area contributed by atoms with E-state index in [1.807, 2.05) is 25.1 Å². The summed E-state index contributed by atoms with van der Waals surface area (Å²) in [7, 11) is 0. The maximum absolute atomic E-state index is 12.9. The van der Waals surface area contributed by atoms with Gasteiger partial charge in [-0.3, -0.25) is 4.79 Å². The Morgan fingerprint density at radius 1 is 1.19 bits per heavy atom. The minimum absolute atomic E-state index is 0.0745. The summed E-state index contributed by atoms with van der Waals surface area (Å²) in [5, 5.41) is 6.74. The second-order valence-corrected chi connectivity index (χ2v) is 8.48. The Labute approximate surface area is 181 Å². The fourth-order valence-electron chi connectivity index (χ4n) is 3.48. The fraction of sp³-hybridized carbons (Fsp3) is 0.333. The number of alkyl halides is 3. The summed E-state index contributed by atoms with van der Waals surface area (Å²) >= 11 is 1.57. The van der Waals surface area contributed by atoms with Crippen molar-refractivity contribution in [1.82, 2.24) is 20.3 Å². The first-order valence-electron chi connectivity index (χ1n) is 9.80. The molecule has 3 aromatic rings. The van der Waals surface area contributed by atoms with Crippen LogP contribution in [0.5, 0.6) is 0 Å². The molecular formula is C21H20F3N5OS. The second-order valence-electron chi connectivity index (χ2n) is 7.41. The van der Waals surface area contributed by atoms with Crippen molar-refractivity contribution in [1.29, 1.82) is 0 Å². The van der Waals surface area contributed by atoms with E-state index >= 15 is 0 Å². The lowest BCUT2D eigenvalue weighted by atomic mass is 10.0. The largest absolute Gasteiger partial charge is 0.433 e. The van der Waals surface area contributed by atoms with Gasteiger partial charge in [0.2, 0.25) is 11.9 Å². The van der Waals surface area contributed by atoms with Crippen molar-refractivity contribution < 1.29 is 18.0 Å². The van der Waals surface area contributed by atoms with Crippen molar-refractivity contribution >= 4 is 28.9 Å². The summed E-state index contributed by atoms with van der Waals surface area (Å²) in [6.07, 6.45) is 0.470. The Morgan fingerprint density at radius 3 is 2.84 bits per heavy atom. The van der Waals surface area contributed by atoms with Crippen molar-refractivity contribution in [2.45, 2.75) is 38.3 Å². The third-order valence-electron chi connectivity index (χ3n) is 4.97. The van der Waals surface area contributed by atoms with Gasteiger partial charge >= 0.3 is 6.18 Å². The third kappa shape index (κ3) is 5.19. The number of nitrogens with zero attached hydrogens (tertiary/aromatic N) is 3. The number of carbonyl (C=O) groups is 1. The van der Waals surface area contributed by atoms with Crippen LogP contribution in [-0.4, -0.2) is 27.4 Å². The standard InChI is InChI=1S/C21H20F3N5OS/c1-12-8-14(16-11-27-19(31-16)13-2-3-18(30)25-6-4-13)10-15(9-12)28-20-26-7-5-17(29-20)21(22,23)24/h5,7-11,13H,2-4,6H2,1H3,(H,25,30)(H,26,28,29). The number of hydrogen-bond donors (Lipinski definition) is 2. The Kier molecular flexibility index (Phi) is 5.90. The normalized spacial score (nSPS) is 17.2. The number of aromatic nitrogens is 3. The molecule has 2 N–H and O–H groups in total. The predicted octanol–water partition coefficient (Wildman–Crippen LogP) is 5.05. The van der Waals surface area contributed by atoms with Crippen LogP contribution in [-0.2, 0) is 11.0 Å². The minimum Gasteiger partial charge on any atom is -0.356 e. The smallest absolute Gasteiger partial charge is 0.356 e. The van der Waals surface area contributed by atoms with Gasteiger partial charge in [-0.2, -0.15) is 13.2 Å². The van der Waals surface area contributed by atoms with Crippen LogP contribution in [0.2, 0.25) is 0 Å². The van der Waals surface area contributed by atoms with Gasteiger partial charge < -0.3 is 10.6 Å². The van der Waals surface area contributed by atoms with Crippen molar-refractivity contribution in [2.75, 3.05) is 11.9 Å². The summed E-state index contributed by atoms with van der Waals surface area (Å²) in [5.74, 6) is 0.191. The fourth-order valence-corrected chi connectivity index (χ4v) is 4.56. The highest BCUT2D eigenvalue weighted by molar-refractivity contribution is 7.15. The van der Waals surface area contributed by atoms with E-state index in [1.54, 1.807) is 17.5 Å². The average molecular weight is 447 g/mol. The van der Waals surface area contributed by atoms with E-state index in [4.69, 9.17) is 0 Å². The molecule has 0 radical (unpaired) electrons. The molecular weight excluding hydrogens is 427 g/mol. The number of nitrogens with one attached hydrogen (secondary N) is 2. The molecule has 1 aliphatic rings. The summed E-state index contributed by atoms with van der Waals surface area (Å²) < 4.78 is 38.7. The van der Waals surface area contributed by atoms with Crippen LogP contribution in [0.25, 0.3) is 10.4 Å². The Morgan fingerprint density at radius 2 is 2.03 bits per heavy atom. The molecule has 1 fully saturated rings. The second kappa shape index (κ2) is 8.62. The number of anilines is 2. The van der Waals surface area contributed by atoms with E-state index in [-0.39, 0.29) is 17.8 Å². The van der Waals surface area contributed by atoms with Crippen LogP contribution in [0.1, 0.15) is 41.4 Å². The number of aryl methyl sites for hydroxylation is 1. The molecule has 0 bridgehead atoms. The molecule has 0 spiro atoms. The molecule has 1 atom stereocenters. The van der Waals surface area contributed by atoms with Crippen molar-refractivity contribution in [3.05, 3.63) is 52.9 Å². The van der Waals surface area contributed by atoms with Crippen molar-refractivity contribution in [2.24, 2.45) is 0 Å².